The Kier molecular flexibility index (Phi) is 4.73. The first kappa shape index (κ1) is 13.8. The van der Waals surface area contributed by atoms with Crippen molar-refractivity contribution in [1.82, 2.24) is 10.2 Å². The van der Waals surface area contributed by atoms with E-state index < -0.39 is 0 Å². The summed E-state index contributed by atoms with van der Waals surface area (Å²) in [6.07, 6.45) is 0.0423. The number of hydrazine groups is 1. The van der Waals surface area contributed by atoms with Crippen molar-refractivity contribution >= 4 is 11.6 Å². The van der Waals surface area contributed by atoms with Crippen molar-refractivity contribution in [3.63, 3.8) is 0 Å². The van der Waals surface area contributed by atoms with Gasteiger partial charge in [-0.2, -0.15) is 0 Å². The summed E-state index contributed by atoms with van der Waals surface area (Å²) in [6.45, 7) is 2.97. The fourth-order valence-corrected chi connectivity index (χ4v) is 2.10. The van der Waals surface area contributed by atoms with E-state index in [0.29, 0.717) is 24.4 Å². The van der Waals surface area contributed by atoms with Crippen LogP contribution in [-0.4, -0.2) is 50.2 Å². The molecule has 1 atom stereocenters. The van der Waals surface area contributed by atoms with Crippen LogP contribution in [0.3, 0.4) is 0 Å². The summed E-state index contributed by atoms with van der Waals surface area (Å²) < 4.78 is 5.59. The SMILES string of the molecule is CN1CCOC(CNC(=O)c2ccccc2NN)C1. The number of morpholine rings is 1. The van der Waals surface area contributed by atoms with Gasteiger partial charge >= 0.3 is 0 Å². The van der Waals surface area contributed by atoms with Crippen molar-refractivity contribution in [3.05, 3.63) is 29.8 Å². The monoisotopic (exact) mass is 264 g/mol. The smallest absolute Gasteiger partial charge is 0.253 e. The van der Waals surface area contributed by atoms with Gasteiger partial charge in [-0.1, -0.05) is 12.1 Å². The van der Waals surface area contributed by atoms with Gasteiger partial charge in [0, 0.05) is 19.6 Å². The highest BCUT2D eigenvalue weighted by Gasteiger charge is 2.19. The minimum Gasteiger partial charge on any atom is -0.374 e. The average molecular weight is 264 g/mol. The van der Waals surface area contributed by atoms with Crippen LogP contribution < -0.4 is 16.6 Å². The number of hydrogen-bond donors (Lipinski definition) is 3. The van der Waals surface area contributed by atoms with Crippen molar-refractivity contribution < 1.29 is 9.53 Å². The molecule has 0 saturated carbocycles. The Morgan fingerprint density at radius 2 is 2.32 bits per heavy atom. The highest BCUT2D eigenvalue weighted by Crippen LogP contribution is 2.13. The standard InChI is InChI=1S/C13H20N4O2/c1-17-6-7-19-10(9-17)8-15-13(18)11-4-2-3-5-12(11)16-14/h2-5,10,16H,6-9,14H2,1H3,(H,15,18). The summed E-state index contributed by atoms with van der Waals surface area (Å²) >= 11 is 0. The second kappa shape index (κ2) is 6.51. The van der Waals surface area contributed by atoms with E-state index in [0.717, 1.165) is 13.1 Å². The Morgan fingerprint density at radius 3 is 3.05 bits per heavy atom. The molecule has 0 spiro atoms. The number of carbonyl (C=O) groups excluding carboxylic acids is 1. The van der Waals surface area contributed by atoms with Gasteiger partial charge in [-0.15, -0.1) is 0 Å². The molecule has 1 heterocycles. The summed E-state index contributed by atoms with van der Waals surface area (Å²) in [5.74, 6) is 5.24. The first-order valence-corrected chi connectivity index (χ1v) is 6.34. The number of rotatable bonds is 4. The van der Waals surface area contributed by atoms with Crippen molar-refractivity contribution in [1.29, 1.82) is 0 Å². The van der Waals surface area contributed by atoms with Crippen molar-refractivity contribution in [2.24, 2.45) is 5.84 Å². The summed E-state index contributed by atoms with van der Waals surface area (Å²) in [6, 6.07) is 7.13. The third kappa shape index (κ3) is 3.66. The normalized spacial score (nSPS) is 20.0. The first-order valence-electron chi connectivity index (χ1n) is 6.34. The summed E-state index contributed by atoms with van der Waals surface area (Å²) in [5, 5.41) is 2.88. The Bertz CT molecular complexity index is 438. The number of para-hydroxylation sites is 1. The van der Waals surface area contributed by atoms with Crippen LogP contribution in [0.5, 0.6) is 0 Å². The van der Waals surface area contributed by atoms with Gasteiger partial charge in [0.05, 0.1) is 24.0 Å². The molecule has 2 rings (SSSR count). The molecule has 1 aromatic carbocycles. The number of nitrogens with two attached hydrogens (primary N) is 1. The summed E-state index contributed by atoms with van der Waals surface area (Å²) in [7, 11) is 2.05. The maximum Gasteiger partial charge on any atom is 0.253 e. The zero-order valence-corrected chi connectivity index (χ0v) is 11.1. The van der Waals surface area contributed by atoms with E-state index in [1.807, 2.05) is 13.1 Å². The molecule has 4 N–H and O–H groups in total. The summed E-state index contributed by atoms with van der Waals surface area (Å²) in [4.78, 5) is 14.3. The highest BCUT2D eigenvalue weighted by molar-refractivity contribution is 5.99. The van der Waals surface area contributed by atoms with Crippen molar-refractivity contribution in [2.45, 2.75) is 6.10 Å². The molecule has 1 unspecified atom stereocenters. The zero-order chi connectivity index (χ0) is 13.7. The number of benzene rings is 1. The van der Waals surface area contributed by atoms with Gasteiger partial charge in [0.2, 0.25) is 0 Å². The zero-order valence-electron chi connectivity index (χ0n) is 11.1. The second-order valence-electron chi connectivity index (χ2n) is 4.65. The van der Waals surface area contributed by atoms with Crippen LogP contribution in [0, 0.1) is 0 Å². The lowest BCUT2D eigenvalue weighted by molar-refractivity contribution is -0.0174. The van der Waals surface area contributed by atoms with Crippen LogP contribution in [0.2, 0.25) is 0 Å². The molecule has 0 aromatic heterocycles. The fraction of sp³-hybridized carbons (Fsp3) is 0.462. The van der Waals surface area contributed by atoms with Gasteiger partial charge < -0.3 is 20.4 Å². The minimum absolute atomic E-state index is 0.0423. The van der Waals surface area contributed by atoms with Gasteiger partial charge in [0.15, 0.2) is 0 Å². The molecule has 1 amide bonds. The second-order valence-corrected chi connectivity index (χ2v) is 4.65. The molecule has 1 aromatic rings. The maximum atomic E-state index is 12.1. The molecule has 0 radical (unpaired) electrons. The van der Waals surface area contributed by atoms with Gasteiger partial charge in [0.1, 0.15) is 0 Å². The van der Waals surface area contributed by atoms with Crippen molar-refractivity contribution in [2.75, 3.05) is 38.7 Å². The van der Waals surface area contributed by atoms with Crippen molar-refractivity contribution in [3.8, 4) is 0 Å². The van der Waals surface area contributed by atoms with Gasteiger partial charge in [-0.3, -0.25) is 10.6 Å². The Hall–Kier alpha value is -1.63. The number of nitrogens with zero attached hydrogens (tertiary/aromatic N) is 1. The number of amides is 1. The van der Waals surface area contributed by atoms with Crippen LogP contribution in [0.25, 0.3) is 0 Å². The molecule has 6 heteroatoms. The molecule has 1 fully saturated rings. The molecular weight excluding hydrogens is 244 g/mol. The molecule has 104 valence electrons. The Balaban J connectivity index is 1.90. The average Bonchev–Trinajstić information content (AvgIpc) is 2.45. The minimum atomic E-state index is -0.148. The number of nitrogens with one attached hydrogen (secondary N) is 2. The number of anilines is 1. The van der Waals surface area contributed by atoms with E-state index in [-0.39, 0.29) is 12.0 Å². The van der Waals surface area contributed by atoms with E-state index in [4.69, 9.17) is 10.6 Å². The molecule has 0 bridgehead atoms. The predicted octanol–water partition coefficient (Wildman–Crippen LogP) is 0.0326. The topological polar surface area (TPSA) is 79.6 Å². The Labute approximate surface area is 112 Å². The molecule has 1 aliphatic heterocycles. The van der Waals surface area contributed by atoms with E-state index in [1.165, 1.54) is 0 Å². The lowest BCUT2D eigenvalue weighted by Crippen LogP contribution is -2.46. The lowest BCUT2D eigenvalue weighted by Gasteiger charge is -2.30. The van der Waals surface area contributed by atoms with Gasteiger partial charge in [0.25, 0.3) is 5.91 Å². The molecular formula is C13H20N4O2. The summed E-state index contributed by atoms with van der Waals surface area (Å²) in [5.41, 5.74) is 3.67. The molecule has 6 nitrogen and oxygen atoms in total. The quantitative estimate of drug-likeness (QED) is 0.528. The van der Waals surface area contributed by atoms with Crippen LogP contribution in [0.15, 0.2) is 24.3 Å². The molecule has 1 saturated heterocycles. The van der Waals surface area contributed by atoms with E-state index in [1.54, 1.807) is 18.2 Å². The van der Waals surface area contributed by atoms with E-state index in [9.17, 15) is 4.79 Å². The molecule has 0 aliphatic carbocycles. The number of likely N-dealkylation sites (N-methyl/N-ethyl adjacent to an activating group) is 1. The van der Waals surface area contributed by atoms with Crippen LogP contribution in [0.1, 0.15) is 10.4 Å². The first-order chi connectivity index (χ1) is 9.20. The number of carbonyl (C=O) groups is 1. The third-order valence-electron chi connectivity index (χ3n) is 3.16. The molecule has 19 heavy (non-hydrogen) atoms. The van der Waals surface area contributed by atoms with Crippen LogP contribution >= 0.6 is 0 Å². The Morgan fingerprint density at radius 1 is 1.53 bits per heavy atom. The number of nitrogen functional groups attached to an aromatic ring is 1. The van der Waals surface area contributed by atoms with Crippen LogP contribution in [0.4, 0.5) is 5.69 Å². The lowest BCUT2D eigenvalue weighted by atomic mass is 10.1. The van der Waals surface area contributed by atoms with E-state index >= 15 is 0 Å². The highest BCUT2D eigenvalue weighted by atomic mass is 16.5. The number of hydrogen-bond acceptors (Lipinski definition) is 5. The largest absolute Gasteiger partial charge is 0.374 e. The third-order valence-corrected chi connectivity index (χ3v) is 3.16. The maximum absolute atomic E-state index is 12.1. The fourth-order valence-electron chi connectivity index (χ4n) is 2.10. The van der Waals surface area contributed by atoms with Crippen LogP contribution in [-0.2, 0) is 4.74 Å². The predicted molar refractivity (Wildman–Crippen MR) is 73.8 cm³/mol. The van der Waals surface area contributed by atoms with Gasteiger partial charge in [-0.25, -0.2) is 0 Å². The van der Waals surface area contributed by atoms with E-state index in [2.05, 4.69) is 15.6 Å². The number of ether oxygens (including phenoxy) is 1. The van der Waals surface area contributed by atoms with Gasteiger partial charge in [-0.05, 0) is 19.2 Å². The molecule has 1 aliphatic rings.